The molecule has 2 rings (SSSR count). The van der Waals surface area contributed by atoms with Crippen LogP contribution < -0.4 is 0 Å². The van der Waals surface area contributed by atoms with Crippen molar-refractivity contribution in [1.29, 1.82) is 0 Å². The summed E-state index contributed by atoms with van der Waals surface area (Å²) in [4.78, 5) is 11.6. The zero-order valence-corrected chi connectivity index (χ0v) is 9.84. The molecule has 0 fully saturated rings. The summed E-state index contributed by atoms with van der Waals surface area (Å²) in [7, 11) is 0. The van der Waals surface area contributed by atoms with Gasteiger partial charge in [0.25, 0.3) is 0 Å². The Bertz CT molecular complexity index is 500. The van der Waals surface area contributed by atoms with Crippen molar-refractivity contribution >= 4 is 5.97 Å². The molecule has 0 aromatic carbocycles. The number of hydrogen-bond donors (Lipinski definition) is 0. The van der Waals surface area contributed by atoms with Crippen molar-refractivity contribution in [2.24, 2.45) is 0 Å². The Morgan fingerprint density at radius 3 is 2.94 bits per heavy atom. The molecule has 2 aromatic heterocycles. The summed E-state index contributed by atoms with van der Waals surface area (Å²) in [5.41, 5.74) is 1.08. The summed E-state index contributed by atoms with van der Waals surface area (Å²) >= 11 is 0. The first-order valence-electron chi connectivity index (χ1n) is 5.55. The fraction of sp³-hybridized carbons (Fsp3) is 0.333. The number of carbonyl (C=O) groups excluding carboxylic acids is 1. The number of ether oxygens (including phenoxy) is 1. The first kappa shape index (κ1) is 11.4. The molecule has 0 N–H and O–H groups in total. The lowest BCUT2D eigenvalue weighted by Gasteiger charge is -1.99. The predicted molar refractivity (Wildman–Crippen MR) is 61.6 cm³/mol. The third-order valence-electron chi connectivity index (χ3n) is 2.34. The quantitative estimate of drug-likeness (QED) is 0.762. The molecule has 0 atom stereocenters. The summed E-state index contributed by atoms with van der Waals surface area (Å²) in [6.07, 6.45) is 1.59. The highest BCUT2D eigenvalue weighted by Crippen LogP contribution is 2.21. The zero-order valence-electron chi connectivity index (χ0n) is 9.84. The molecule has 2 aromatic rings. The van der Waals surface area contributed by atoms with Crippen molar-refractivity contribution in [2.75, 3.05) is 6.61 Å². The highest BCUT2D eigenvalue weighted by Gasteiger charge is 2.16. The van der Waals surface area contributed by atoms with E-state index >= 15 is 0 Å². The normalized spacial score (nSPS) is 10.5. The second-order valence-corrected chi connectivity index (χ2v) is 3.43. The minimum atomic E-state index is -0.410. The molecule has 0 spiro atoms. The van der Waals surface area contributed by atoms with Crippen LogP contribution in [0.4, 0.5) is 0 Å². The number of rotatable bonds is 4. The number of carbonyl (C=O) groups is 1. The van der Waals surface area contributed by atoms with Crippen LogP contribution in [0, 0.1) is 0 Å². The summed E-state index contributed by atoms with van der Waals surface area (Å²) in [6, 6.07) is 5.31. The van der Waals surface area contributed by atoms with Crippen LogP contribution in [0.1, 0.15) is 24.3 Å². The van der Waals surface area contributed by atoms with E-state index in [4.69, 9.17) is 9.15 Å². The molecule has 2 heterocycles. The van der Waals surface area contributed by atoms with Crippen molar-refractivity contribution in [2.45, 2.75) is 20.4 Å². The molecule has 0 aliphatic heterocycles. The molecule has 0 amide bonds. The second-order valence-electron chi connectivity index (χ2n) is 3.43. The monoisotopic (exact) mass is 234 g/mol. The van der Waals surface area contributed by atoms with E-state index in [-0.39, 0.29) is 0 Å². The zero-order chi connectivity index (χ0) is 12.3. The van der Waals surface area contributed by atoms with Gasteiger partial charge in [-0.2, -0.15) is 5.10 Å². The van der Waals surface area contributed by atoms with Gasteiger partial charge in [-0.1, -0.05) is 0 Å². The molecule has 0 unspecified atom stereocenters. The number of nitrogens with zero attached hydrogens (tertiary/aromatic N) is 2. The van der Waals surface area contributed by atoms with E-state index < -0.39 is 5.97 Å². The number of aromatic nitrogens is 2. The number of furan rings is 1. The first-order chi connectivity index (χ1) is 8.26. The predicted octanol–water partition coefficient (Wildman–Crippen LogP) is 2.34. The fourth-order valence-electron chi connectivity index (χ4n) is 1.59. The average Bonchev–Trinajstić information content (AvgIpc) is 2.97. The topological polar surface area (TPSA) is 57.3 Å². The van der Waals surface area contributed by atoms with Crippen LogP contribution in [0.3, 0.4) is 0 Å². The molecular formula is C12H14N2O3. The molecule has 0 bridgehead atoms. The Hall–Kier alpha value is -2.04. The number of aryl methyl sites for hydroxylation is 1. The van der Waals surface area contributed by atoms with Gasteiger partial charge in [-0.3, -0.25) is 4.68 Å². The van der Waals surface area contributed by atoms with Gasteiger partial charge in [0, 0.05) is 12.6 Å². The van der Waals surface area contributed by atoms with Gasteiger partial charge < -0.3 is 9.15 Å². The minimum Gasteiger partial charge on any atom is -0.463 e. The lowest BCUT2D eigenvalue weighted by Crippen LogP contribution is -2.06. The van der Waals surface area contributed by atoms with Crippen LogP contribution in [0.15, 0.2) is 28.9 Å². The molecule has 5 heteroatoms. The highest BCUT2D eigenvalue weighted by molar-refractivity contribution is 5.88. The maximum atomic E-state index is 11.6. The second kappa shape index (κ2) is 4.86. The van der Waals surface area contributed by atoms with Gasteiger partial charge in [0.1, 0.15) is 5.69 Å². The molecule has 0 saturated carbocycles. The minimum absolute atomic E-state index is 0.306. The van der Waals surface area contributed by atoms with Gasteiger partial charge in [-0.05, 0) is 26.0 Å². The maximum absolute atomic E-state index is 11.6. The molecule has 0 aliphatic rings. The Morgan fingerprint density at radius 1 is 1.53 bits per heavy atom. The van der Waals surface area contributed by atoms with E-state index in [1.54, 1.807) is 30.0 Å². The van der Waals surface area contributed by atoms with E-state index in [1.165, 1.54) is 0 Å². The maximum Gasteiger partial charge on any atom is 0.358 e. The molecule has 90 valence electrons. The summed E-state index contributed by atoms with van der Waals surface area (Å²) < 4.78 is 11.9. The van der Waals surface area contributed by atoms with Crippen LogP contribution >= 0.6 is 0 Å². The third-order valence-corrected chi connectivity index (χ3v) is 2.34. The van der Waals surface area contributed by atoms with Crippen LogP contribution in [-0.2, 0) is 11.3 Å². The highest BCUT2D eigenvalue weighted by atomic mass is 16.5. The standard InChI is InChI=1S/C12H14N2O3/c1-3-14-10(11-6-5-7-17-11)8-9(13-14)12(15)16-4-2/h5-8H,3-4H2,1-2H3. The Balaban J connectivity index is 2.36. The summed E-state index contributed by atoms with van der Waals surface area (Å²) in [5.74, 6) is 0.280. The van der Waals surface area contributed by atoms with Gasteiger partial charge in [-0.15, -0.1) is 0 Å². The molecule has 0 radical (unpaired) electrons. The van der Waals surface area contributed by atoms with Gasteiger partial charge in [0.2, 0.25) is 0 Å². The van der Waals surface area contributed by atoms with Crippen LogP contribution in [0.2, 0.25) is 0 Å². The smallest absolute Gasteiger partial charge is 0.358 e. The van der Waals surface area contributed by atoms with Crippen LogP contribution in [0.25, 0.3) is 11.5 Å². The van der Waals surface area contributed by atoms with E-state index in [9.17, 15) is 4.79 Å². The van der Waals surface area contributed by atoms with Crippen molar-refractivity contribution < 1.29 is 13.9 Å². The van der Waals surface area contributed by atoms with Gasteiger partial charge in [0.05, 0.1) is 12.9 Å². The van der Waals surface area contributed by atoms with Crippen molar-refractivity contribution in [1.82, 2.24) is 9.78 Å². The molecule has 0 saturated heterocycles. The van der Waals surface area contributed by atoms with Crippen molar-refractivity contribution in [3.63, 3.8) is 0 Å². The average molecular weight is 234 g/mol. The van der Waals surface area contributed by atoms with E-state index in [0.29, 0.717) is 24.6 Å². The number of hydrogen-bond acceptors (Lipinski definition) is 4. The van der Waals surface area contributed by atoms with Crippen molar-refractivity contribution in [3.8, 4) is 11.5 Å². The van der Waals surface area contributed by atoms with Gasteiger partial charge in [-0.25, -0.2) is 4.79 Å². The molecule has 5 nitrogen and oxygen atoms in total. The largest absolute Gasteiger partial charge is 0.463 e. The Labute approximate surface area is 99.0 Å². The summed E-state index contributed by atoms with van der Waals surface area (Å²) in [6.45, 7) is 4.72. The third kappa shape index (κ3) is 2.22. The van der Waals surface area contributed by atoms with Gasteiger partial charge in [0.15, 0.2) is 11.5 Å². The molecule has 0 aliphatic carbocycles. The lowest BCUT2D eigenvalue weighted by atomic mass is 10.3. The Morgan fingerprint density at radius 2 is 2.35 bits per heavy atom. The Kier molecular flexibility index (Phi) is 3.27. The van der Waals surface area contributed by atoms with Gasteiger partial charge >= 0.3 is 5.97 Å². The molecule has 17 heavy (non-hydrogen) atoms. The van der Waals surface area contributed by atoms with Crippen LogP contribution in [0.5, 0.6) is 0 Å². The van der Waals surface area contributed by atoms with E-state index in [2.05, 4.69) is 5.10 Å². The van der Waals surface area contributed by atoms with Crippen LogP contribution in [-0.4, -0.2) is 22.4 Å². The molecular weight excluding hydrogens is 220 g/mol. The van der Waals surface area contributed by atoms with Crippen molar-refractivity contribution in [3.05, 3.63) is 30.2 Å². The SMILES string of the molecule is CCOC(=O)c1cc(-c2ccco2)n(CC)n1. The van der Waals surface area contributed by atoms with E-state index in [1.807, 2.05) is 13.0 Å². The number of esters is 1. The first-order valence-corrected chi connectivity index (χ1v) is 5.55. The lowest BCUT2D eigenvalue weighted by molar-refractivity contribution is 0.0518. The fourth-order valence-corrected chi connectivity index (χ4v) is 1.59. The van der Waals surface area contributed by atoms with E-state index in [0.717, 1.165) is 5.69 Å². The summed E-state index contributed by atoms with van der Waals surface area (Å²) in [5, 5.41) is 4.19.